The molecule has 3 heteroatoms. The van der Waals surface area contributed by atoms with E-state index in [1.54, 1.807) is 24.3 Å². The van der Waals surface area contributed by atoms with Gasteiger partial charge in [0.05, 0.1) is 0 Å². The van der Waals surface area contributed by atoms with Crippen molar-refractivity contribution in [3.8, 4) is 0 Å². The summed E-state index contributed by atoms with van der Waals surface area (Å²) in [5, 5.41) is 0. The third kappa shape index (κ3) is 3.05. The van der Waals surface area contributed by atoms with Gasteiger partial charge in [0.2, 0.25) is 0 Å². The Morgan fingerprint density at radius 3 is 2.15 bits per heavy atom. The van der Waals surface area contributed by atoms with E-state index in [2.05, 4.69) is 13.0 Å². The molecule has 2 aliphatic carbocycles. The van der Waals surface area contributed by atoms with E-state index in [0.717, 1.165) is 23.1 Å². The number of carbonyl (C=O) groups is 1. The van der Waals surface area contributed by atoms with Gasteiger partial charge in [0.15, 0.2) is 0 Å². The van der Waals surface area contributed by atoms with E-state index in [-0.39, 0.29) is 28.8 Å². The normalized spacial score (nSPS) is 30.0. The number of hydrogen-bond donors (Lipinski definition) is 0. The number of Topliss-reactive ketones (excluding diaryl/α,β-unsaturated/α-hetero) is 1. The Labute approximate surface area is 158 Å². The first-order chi connectivity index (χ1) is 12.8. The highest BCUT2D eigenvalue weighted by molar-refractivity contribution is 5.90. The lowest BCUT2D eigenvalue weighted by atomic mass is 9.59. The van der Waals surface area contributed by atoms with Crippen molar-refractivity contribution in [3.05, 3.63) is 89.0 Å². The third-order valence-electron chi connectivity index (χ3n) is 6.26. The zero-order valence-electron chi connectivity index (χ0n) is 15.5. The van der Waals surface area contributed by atoms with E-state index in [0.29, 0.717) is 6.42 Å². The molecule has 0 heterocycles. The Hall–Kier alpha value is -2.55. The zero-order chi connectivity index (χ0) is 19.2. The van der Waals surface area contributed by atoms with Crippen LogP contribution < -0.4 is 0 Å². The fraction of sp³-hybridized carbons (Fsp3) is 0.292. The highest BCUT2D eigenvalue weighted by Gasteiger charge is 2.55. The van der Waals surface area contributed by atoms with Crippen molar-refractivity contribution in [2.75, 3.05) is 0 Å². The maximum atomic E-state index is 13.4. The molecule has 4 rings (SSSR count). The minimum Gasteiger partial charge on any atom is -0.299 e. The molecule has 0 aromatic heterocycles. The lowest BCUT2D eigenvalue weighted by Crippen LogP contribution is -2.39. The zero-order valence-corrected chi connectivity index (χ0v) is 15.5. The van der Waals surface area contributed by atoms with Gasteiger partial charge in [-0.25, -0.2) is 8.78 Å². The summed E-state index contributed by atoms with van der Waals surface area (Å²) in [7, 11) is 0. The van der Waals surface area contributed by atoms with Gasteiger partial charge in [-0.2, -0.15) is 0 Å². The van der Waals surface area contributed by atoms with Gasteiger partial charge in [-0.05, 0) is 54.3 Å². The van der Waals surface area contributed by atoms with Crippen LogP contribution in [0.25, 0.3) is 6.08 Å². The second-order valence-electron chi connectivity index (χ2n) is 8.23. The minimum absolute atomic E-state index is 0.0188. The molecule has 1 fully saturated rings. The van der Waals surface area contributed by atoms with Crippen LogP contribution in [-0.2, 0) is 4.79 Å². The molecular weight excluding hydrogens is 342 g/mol. The van der Waals surface area contributed by atoms with Gasteiger partial charge in [-0.15, -0.1) is 0 Å². The third-order valence-corrected chi connectivity index (χ3v) is 6.26. The number of rotatable bonds is 3. The van der Waals surface area contributed by atoms with Crippen LogP contribution in [0.3, 0.4) is 0 Å². The van der Waals surface area contributed by atoms with Gasteiger partial charge in [0.1, 0.15) is 17.4 Å². The number of hydrogen-bond acceptors (Lipinski definition) is 1. The van der Waals surface area contributed by atoms with Crippen LogP contribution >= 0.6 is 0 Å². The summed E-state index contributed by atoms with van der Waals surface area (Å²) in [5.74, 6) is -0.274. The molecule has 2 aromatic carbocycles. The fourth-order valence-electron chi connectivity index (χ4n) is 4.75. The van der Waals surface area contributed by atoms with Crippen molar-refractivity contribution in [3.63, 3.8) is 0 Å². The quantitative estimate of drug-likeness (QED) is 0.645. The molecule has 0 N–H and O–H groups in total. The first-order valence-corrected chi connectivity index (χ1v) is 9.26. The number of ketones is 1. The van der Waals surface area contributed by atoms with Crippen LogP contribution in [0.1, 0.15) is 43.7 Å². The Kier molecular flexibility index (Phi) is 4.14. The molecule has 0 amide bonds. The van der Waals surface area contributed by atoms with Crippen LogP contribution in [0.2, 0.25) is 0 Å². The smallest absolute Gasteiger partial charge is 0.143 e. The van der Waals surface area contributed by atoms with E-state index in [4.69, 9.17) is 0 Å². The van der Waals surface area contributed by atoms with E-state index in [1.807, 2.05) is 19.1 Å². The van der Waals surface area contributed by atoms with Gasteiger partial charge >= 0.3 is 0 Å². The van der Waals surface area contributed by atoms with Crippen molar-refractivity contribution in [2.45, 2.75) is 32.6 Å². The number of fused-ring (bicyclic) bond motifs is 2. The largest absolute Gasteiger partial charge is 0.299 e. The Bertz CT molecular complexity index is 939. The van der Waals surface area contributed by atoms with Crippen molar-refractivity contribution >= 4 is 11.9 Å². The molecule has 0 radical (unpaired) electrons. The lowest BCUT2D eigenvalue weighted by molar-refractivity contribution is -0.130. The summed E-state index contributed by atoms with van der Waals surface area (Å²) in [6, 6.07) is 12.9. The predicted octanol–water partition coefficient (Wildman–Crippen LogP) is 6.08. The summed E-state index contributed by atoms with van der Waals surface area (Å²) < 4.78 is 26.5. The van der Waals surface area contributed by atoms with E-state index >= 15 is 0 Å². The molecule has 2 aliphatic rings. The van der Waals surface area contributed by atoms with Crippen LogP contribution in [0.4, 0.5) is 8.78 Å². The average molecular weight is 364 g/mol. The first kappa shape index (κ1) is 17.8. The van der Waals surface area contributed by atoms with E-state index in [9.17, 15) is 13.6 Å². The van der Waals surface area contributed by atoms with Crippen molar-refractivity contribution in [1.82, 2.24) is 0 Å². The van der Waals surface area contributed by atoms with E-state index in [1.165, 1.54) is 24.3 Å². The maximum Gasteiger partial charge on any atom is 0.143 e. The fourth-order valence-corrected chi connectivity index (χ4v) is 4.75. The van der Waals surface area contributed by atoms with Crippen molar-refractivity contribution in [2.24, 2.45) is 10.8 Å². The molecule has 0 spiro atoms. The molecule has 0 saturated heterocycles. The monoisotopic (exact) mass is 364 g/mol. The van der Waals surface area contributed by atoms with Crippen LogP contribution in [-0.4, -0.2) is 5.78 Å². The van der Waals surface area contributed by atoms with Crippen LogP contribution in [0.5, 0.6) is 0 Å². The van der Waals surface area contributed by atoms with Crippen LogP contribution in [0, 0.1) is 22.5 Å². The molecule has 2 bridgehead atoms. The molecular formula is C24H22F2O. The van der Waals surface area contributed by atoms with Crippen molar-refractivity contribution < 1.29 is 13.6 Å². The van der Waals surface area contributed by atoms with Gasteiger partial charge < -0.3 is 0 Å². The van der Waals surface area contributed by atoms with Gasteiger partial charge in [-0.3, -0.25) is 4.79 Å². The molecule has 0 unspecified atom stereocenters. The Balaban J connectivity index is 1.72. The highest BCUT2D eigenvalue weighted by Crippen LogP contribution is 2.61. The standard InChI is InChI=1S/C24H22F2O/c1-23-14-18(8-3-16-4-9-19(25)10-5-16)24(2,15-23)21(13-22(23)27)17-6-11-20(26)12-7-17/h3-12,14,21H,13,15H2,1-2H3/b8-3+/t21-,23+,24+/m0/s1. The molecule has 3 atom stereocenters. The summed E-state index contributed by atoms with van der Waals surface area (Å²) >= 11 is 0. The van der Waals surface area contributed by atoms with Gasteiger partial charge in [-0.1, -0.05) is 49.4 Å². The summed E-state index contributed by atoms with van der Waals surface area (Å²) in [6.45, 7) is 4.20. The Morgan fingerprint density at radius 2 is 1.52 bits per heavy atom. The SMILES string of the molecule is C[C@@]12C=C(/C=C/c3ccc(F)cc3)[C@@](C)(C1)[C@H](c1ccc(F)cc1)CC2=O. The summed E-state index contributed by atoms with van der Waals surface area (Å²) in [4.78, 5) is 12.8. The van der Waals surface area contributed by atoms with E-state index < -0.39 is 5.41 Å². The number of halogens is 2. The molecule has 1 nitrogen and oxygen atoms in total. The maximum absolute atomic E-state index is 13.4. The predicted molar refractivity (Wildman–Crippen MR) is 103 cm³/mol. The molecule has 2 aromatic rings. The molecule has 138 valence electrons. The first-order valence-electron chi connectivity index (χ1n) is 9.26. The second kappa shape index (κ2) is 6.26. The summed E-state index contributed by atoms with van der Waals surface area (Å²) in [5.41, 5.74) is 2.38. The van der Waals surface area contributed by atoms with Crippen LogP contribution in [0.15, 0.2) is 66.3 Å². The number of allylic oxidation sites excluding steroid dienone is 3. The molecule has 1 saturated carbocycles. The second-order valence-corrected chi connectivity index (χ2v) is 8.23. The number of benzene rings is 2. The van der Waals surface area contributed by atoms with Gasteiger partial charge in [0.25, 0.3) is 0 Å². The number of carbonyl (C=O) groups excluding carboxylic acids is 1. The molecule has 27 heavy (non-hydrogen) atoms. The lowest BCUT2D eigenvalue weighted by Gasteiger charge is -2.43. The average Bonchev–Trinajstić information content (AvgIpc) is 2.88. The highest BCUT2D eigenvalue weighted by atomic mass is 19.1. The minimum atomic E-state index is -0.451. The topological polar surface area (TPSA) is 17.1 Å². The van der Waals surface area contributed by atoms with Crippen molar-refractivity contribution in [1.29, 1.82) is 0 Å². The summed E-state index contributed by atoms with van der Waals surface area (Å²) in [6.07, 6.45) is 7.33. The molecule has 0 aliphatic heterocycles. The Morgan fingerprint density at radius 1 is 0.926 bits per heavy atom. The van der Waals surface area contributed by atoms with Gasteiger partial charge in [0, 0.05) is 23.2 Å².